The van der Waals surface area contributed by atoms with Gasteiger partial charge in [0.15, 0.2) is 0 Å². The summed E-state index contributed by atoms with van der Waals surface area (Å²) in [5.74, 6) is 0.194. The molecule has 1 rings (SSSR count). The molecule has 2 N–H and O–H groups in total. The molecule has 1 fully saturated rings. The second kappa shape index (κ2) is 5.97. The third kappa shape index (κ3) is 5.64. The quantitative estimate of drug-likeness (QED) is 0.581. The number of hydrogen-bond acceptors (Lipinski definition) is 2. The molecule has 0 saturated heterocycles. The van der Waals surface area contributed by atoms with E-state index in [4.69, 9.17) is 0 Å². The fourth-order valence-corrected chi connectivity index (χ4v) is 1.19. The zero-order valence-corrected chi connectivity index (χ0v) is 8.44. The molecule has 76 valence electrons. The van der Waals surface area contributed by atoms with E-state index >= 15 is 0 Å². The molecule has 13 heavy (non-hydrogen) atoms. The molecular weight excluding hydrogens is 164 g/mol. The van der Waals surface area contributed by atoms with Crippen molar-refractivity contribution in [3.05, 3.63) is 0 Å². The summed E-state index contributed by atoms with van der Waals surface area (Å²) in [6.07, 6.45) is 5.39. The van der Waals surface area contributed by atoms with Gasteiger partial charge in [0.1, 0.15) is 0 Å². The van der Waals surface area contributed by atoms with E-state index in [1.807, 2.05) is 0 Å². The Hall–Kier alpha value is -0.570. The van der Waals surface area contributed by atoms with Gasteiger partial charge >= 0.3 is 0 Å². The third-order valence-corrected chi connectivity index (χ3v) is 2.21. The molecule has 0 radical (unpaired) electrons. The van der Waals surface area contributed by atoms with Crippen LogP contribution in [0, 0.1) is 0 Å². The maximum Gasteiger partial charge on any atom is 0.220 e. The molecule has 0 aromatic rings. The number of amides is 1. The van der Waals surface area contributed by atoms with Crippen molar-refractivity contribution in [2.24, 2.45) is 0 Å². The lowest BCUT2D eigenvalue weighted by Crippen LogP contribution is -2.32. The molecule has 0 aliphatic heterocycles. The van der Waals surface area contributed by atoms with Crippen LogP contribution in [0.1, 0.15) is 39.0 Å². The molecule has 1 aliphatic carbocycles. The number of carbonyl (C=O) groups is 1. The average Bonchev–Trinajstić information content (AvgIpc) is 2.92. The number of carbonyl (C=O) groups excluding carboxylic acids is 1. The Morgan fingerprint density at radius 1 is 1.38 bits per heavy atom. The van der Waals surface area contributed by atoms with E-state index in [1.54, 1.807) is 0 Å². The van der Waals surface area contributed by atoms with Gasteiger partial charge in [-0.05, 0) is 19.3 Å². The van der Waals surface area contributed by atoms with Gasteiger partial charge in [-0.1, -0.05) is 13.3 Å². The third-order valence-electron chi connectivity index (χ3n) is 2.21. The van der Waals surface area contributed by atoms with Gasteiger partial charge in [-0.3, -0.25) is 4.79 Å². The SMILES string of the molecule is CCCCC(=O)NCCNC1CC1. The fraction of sp³-hybridized carbons (Fsp3) is 0.900. The second-order valence-corrected chi connectivity index (χ2v) is 3.68. The van der Waals surface area contributed by atoms with E-state index in [0.29, 0.717) is 6.42 Å². The maximum atomic E-state index is 11.1. The van der Waals surface area contributed by atoms with Crippen LogP contribution in [0.5, 0.6) is 0 Å². The first-order chi connectivity index (χ1) is 6.33. The summed E-state index contributed by atoms with van der Waals surface area (Å²) >= 11 is 0. The summed E-state index contributed by atoms with van der Waals surface area (Å²) in [7, 11) is 0. The number of hydrogen-bond donors (Lipinski definition) is 2. The second-order valence-electron chi connectivity index (χ2n) is 3.68. The standard InChI is InChI=1S/C10H20N2O/c1-2-3-4-10(13)12-8-7-11-9-5-6-9/h9,11H,2-8H2,1H3,(H,12,13). The van der Waals surface area contributed by atoms with Crippen molar-refractivity contribution < 1.29 is 4.79 Å². The van der Waals surface area contributed by atoms with Crippen molar-refractivity contribution in [2.75, 3.05) is 13.1 Å². The van der Waals surface area contributed by atoms with Crippen molar-refractivity contribution in [2.45, 2.75) is 45.1 Å². The smallest absolute Gasteiger partial charge is 0.220 e. The summed E-state index contributed by atoms with van der Waals surface area (Å²) in [5, 5.41) is 6.25. The predicted octanol–water partition coefficient (Wildman–Crippen LogP) is 1.04. The molecular formula is C10H20N2O. The first-order valence-corrected chi connectivity index (χ1v) is 5.33. The van der Waals surface area contributed by atoms with Crippen LogP contribution in [0.25, 0.3) is 0 Å². The Kier molecular flexibility index (Phi) is 4.83. The molecule has 0 atom stereocenters. The van der Waals surface area contributed by atoms with Crippen LogP contribution < -0.4 is 10.6 Å². The number of unbranched alkanes of at least 4 members (excludes halogenated alkanes) is 1. The Morgan fingerprint density at radius 2 is 2.15 bits per heavy atom. The zero-order valence-electron chi connectivity index (χ0n) is 8.44. The van der Waals surface area contributed by atoms with E-state index in [9.17, 15) is 4.79 Å². The van der Waals surface area contributed by atoms with Crippen LogP contribution in [0.3, 0.4) is 0 Å². The molecule has 1 aliphatic rings. The zero-order chi connectivity index (χ0) is 9.52. The van der Waals surface area contributed by atoms with Gasteiger partial charge in [-0.2, -0.15) is 0 Å². The summed E-state index contributed by atoms with van der Waals surface area (Å²) in [6.45, 7) is 3.80. The van der Waals surface area contributed by atoms with Crippen LogP contribution >= 0.6 is 0 Å². The van der Waals surface area contributed by atoms with E-state index < -0.39 is 0 Å². The molecule has 0 bridgehead atoms. The average molecular weight is 184 g/mol. The van der Waals surface area contributed by atoms with Crippen LogP contribution in [0.4, 0.5) is 0 Å². The molecule has 3 heteroatoms. The molecule has 0 spiro atoms. The number of rotatable bonds is 7. The van der Waals surface area contributed by atoms with Crippen LogP contribution in [0.15, 0.2) is 0 Å². The van der Waals surface area contributed by atoms with Crippen molar-refractivity contribution in [1.29, 1.82) is 0 Å². The normalized spacial score (nSPS) is 15.8. The van der Waals surface area contributed by atoms with Gasteiger partial charge in [-0.25, -0.2) is 0 Å². The van der Waals surface area contributed by atoms with Gasteiger partial charge in [0.25, 0.3) is 0 Å². The summed E-state index contributed by atoms with van der Waals surface area (Å²) < 4.78 is 0. The summed E-state index contributed by atoms with van der Waals surface area (Å²) in [5.41, 5.74) is 0. The van der Waals surface area contributed by atoms with Gasteiger partial charge in [0.2, 0.25) is 5.91 Å². The molecule has 0 heterocycles. The Morgan fingerprint density at radius 3 is 2.77 bits per heavy atom. The Labute approximate surface area is 80.3 Å². The van der Waals surface area contributed by atoms with E-state index in [-0.39, 0.29) is 5.91 Å². The fourth-order valence-electron chi connectivity index (χ4n) is 1.19. The highest BCUT2D eigenvalue weighted by Crippen LogP contribution is 2.17. The van der Waals surface area contributed by atoms with Crippen molar-refractivity contribution in [1.82, 2.24) is 10.6 Å². The lowest BCUT2D eigenvalue weighted by molar-refractivity contribution is -0.121. The number of nitrogens with one attached hydrogen (secondary N) is 2. The van der Waals surface area contributed by atoms with Gasteiger partial charge in [0, 0.05) is 25.6 Å². The Balaban J connectivity index is 1.82. The molecule has 1 amide bonds. The molecule has 3 nitrogen and oxygen atoms in total. The molecule has 0 aromatic carbocycles. The highest BCUT2D eigenvalue weighted by atomic mass is 16.1. The summed E-state index contributed by atoms with van der Waals surface area (Å²) in [4.78, 5) is 11.1. The minimum absolute atomic E-state index is 0.194. The minimum atomic E-state index is 0.194. The van der Waals surface area contributed by atoms with E-state index in [2.05, 4.69) is 17.6 Å². The maximum absolute atomic E-state index is 11.1. The predicted molar refractivity (Wildman–Crippen MR) is 53.6 cm³/mol. The highest BCUT2D eigenvalue weighted by Gasteiger charge is 2.19. The first-order valence-electron chi connectivity index (χ1n) is 5.33. The lowest BCUT2D eigenvalue weighted by atomic mass is 10.2. The van der Waals surface area contributed by atoms with Crippen LogP contribution in [-0.2, 0) is 4.79 Å². The van der Waals surface area contributed by atoms with Crippen LogP contribution in [-0.4, -0.2) is 25.0 Å². The Bertz CT molecular complexity index is 155. The van der Waals surface area contributed by atoms with Crippen molar-refractivity contribution in [3.8, 4) is 0 Å². The molecule has 0 aromatic heterocycles. The highest BCUT2D eigenvalue weighted by molar-refractivity contribution is 5.75. The topological polar surface area (TPSA) is 41.1 Å². The molecule has 1 saturated carbocycles. The first kappa shape index (κ1) is 10.5. The van der Waals surface area contributed by atoms with Gasteiger partial charge < -0.3 is 10.6 Å². The van der Waals surface area contributed by atoms with Gasteiger partial charge in [0.05, 0.1) is 0 Å². The minimum Gasteiger partial charge on any atom is -0.355 e. The van der Waals surface area contributed by atoms with Crippen molar-refractivity contribution >= 4 is 5.91 Å². The van der Waals surface area contributed by atoms with Gasteiger partial charge in [-0.15, -0.1) is 0 Å². The van der Waals surface area contributed by atoms with E-state index in [1.165, 1.54) is 12.8 Å². The van der Waals surface area contributed by atoms with E-state index in [0.717, 1.165) is 32.0 Å². The lowest BCUT2D eigenvalue weighted by Gasteiger charge is -2.04. The largest absolute Gasteiger partial charge is 0.355 e. The molecule has 0 unspecified atom stereocenters. The summed E-state index contributed by atoms with van der Waals surface area (Å²) in [6, 6.07) is 0.743. The monoisotopic (exact) mass is 184 g/mol. The van der Waals surface area contributed by atoms with Crippen LogP contribution in [0.2, 0.25) is 0 Å². The van der Waals surface area contributed by atoms with Crippen molar-refractivity contribution in [3.63, 3.8) is 0 Å².